The van der Waals surface area contributed by atoms with Gasteiger partial charge >= 0.3 is 5.97 Å². The van der Waals surface area contributed by atoms with E-state index in [1.54, 1.807) is 0 Å². The van der Waals surface area contributed by atoms with Crippen LogP contribution >= 0.6 is 0 Å². The van der Waals surface area contributed by atoms with Gasteiger partial charge in [-0.3, -0.25) is 4.79 Å². The van der Waals surface area contributed by atoms with E-state index < -0.39 is 5.97 Å². The highest BCUT2D eigenvalue weighted by atomic mass is 16.4. The Morgan fingerprint density at radius 1 is 0.941 bits per heavy atom. The summed E-state index contributed by atoms with van der Waals surface area (Å²) in [6, 6.07) is 0. The van der Waals surface area contributed by atoms with Crippen LogP contribution in [0.2, 0.25) is 0 Å². The summed E-state index contributed by atoms with van der Waals surface area (Å²) in [5, 5.41) is 8.88. The van der Waals surface area contributed by atoms with Crippen LogP contribution in [0.1, 0.15) is 66.7 Å². The lowest BCUT2D eigenvalue weighted by atomic mass is 9.85. The Bertz CT molecular complexity index is 213. The highest BCUT2D eigenvalue weighted by molar-refractivity contribution is 5.69. The third-order valence-electron chi connectivity index (χ3n) is 3.57. The fourth-order valence-corrected chi connectivity index (χ4v) is 2.88. The van der Waals surface area contributed by atoms with Gasteiger partial charge in [0.1, 0.15) is 0 Å². The molecule has 0 spiro atoms. The van der Waals surface area contributed by atoms with Gasteiger partial charge < -0.3 is 5.11 Å². The van der Waals surface area contributed by atoms with E-state index in [4.69, 9.17) is 5.11 Å². The van der Waals surface area contributed by atoms with Crippen LogP contribution in [0, 0.1) is 23.7 Å². The molecular formula is C15H30O2. The SMILES string of the molecule is CCC[C@@H](C)C[C@@H](C)C[C@@H](C)C[C@@H](C)C(=O)O. The zero-order valence-corrected chi connectivity index (χ0v) is 12.2. The lowest BCUT2D eigenvalue weighted by molar-refractivity contribution is -0.141. The molecule has 0 radical (unpaired) electrons. The second kappa shape index (κ2) is 8.54. The third-order valence-corrected chi connectivity index (χ3v) is 3.57. The number of carboxylic acid groups (broad SMARTS) is 1. The fraction of sp³-hybridized carbons (Fsp3) is 0.933. The molecule has 4 atom stereocenters. The summed E-state index contributed by atoms with van der Waals surface area (Å²) < 4.78 is 0. The average Bonchev–Trinajstić information content (AvgIpc) is 2.16. The van der Waals surface area contributed by atoms with E-state index in [0.29, 0.717) is 11.8 Å². The molecule has 0 fully saturated rings. The second-order valence-electron chi connectivity index (χ2n) is 6.05. The first-order chi connectivity index (χ1) is 7.86. The van der Waals surface area contributed by atoms with Crippen molar-refractivity contribution in [2.75, 3.05) is 0 Å². The Hall–Kier alpha value is -0.530. The lowest BCUT2D eigenvalue weighted by Gasteiger charge is -2.21. The number of hydrogen-bond acceptors (Lipinski definition) is 1. The molecule has 0 aromatic carbocycles. The van der Waals surface area contributed by atoms with Crippen LogP contribution in [-0.2, 0) is 4.79 Å². The van der Waals surface area contributed by atoms with E-state index in [9.17, 15) is 4.79 Å². The van der Waals surface area contributed by atoms with Crippen molar-refractivity contribution in [1.29, 1.82) is 0 Å². The molecule has 0 heterocycles. The zero-order chi connectivity index (χ0) is 13.4. The first-order valence-corrected chi connectivity index (χ1v) is 7.09. The minimum absolute atomic E-state index is 0.203. The molecular weight excluding hydrogens is 212 g/mol. The number of carboxylic acids is 1. The van der Waals surface area contributed by atoms with Gasteiger partial charge in [0, 0.05) is 0 Å². The van der Waals surface area contributed by atoms with Crippen LogP contribution in [0.3, 0.4) is 0 Å². The van der Waals surface area contributed by atoms with Crippen LogP contribution in [0.25, 0.3) is 0 Å². The molecule has 102 valence electrons. The van der Waals surface area contributed by atoms with Gasteiger partial charge in [-0.1, -0.05) is 47.5 Å². The van der Waals surface area contributed by atoms with E-state index in [0.717, 1.165) is 18.8 Å². The number of rotatable bonds is 9. The first kappa shape index (κ1) is 16.5. The predicted octanol–water partition coefficient (Wildman–Crippen LogP) is 4.59. The molecule has 0 aliphatic carbocycles. The van der Waals surface area contributed by atoms with E-state index in [1.807, 2.05) is 6.92 Å². The van der Waals surface area contributed by atoms with Crippen molar-refractivity contribution in [3.8, 4) is 0 Å². The van der Waals surface area contributed by atoms with Gasteiger partial charge in [-0.15, -0.1) is 0 Å². The normalized spacial score (nSPS) is 18.4. The van der Waals surface area contributed by atoms with Crippen LogP contribution in [-0.4, -0.2) is 11.1 Å². The zero-order valence-electron chi connectivity index (χ0n) is 12.2. The van der Waals surface area contributed by atoms with E-state index in [1.165, 1.54) is 19.3 Å². The maximum atomic E-state index is 10.8. The predicted molar refractivity (Wildman–Crippen MR) is 73.1 cm³/mol. The fourth-order valence-electron chi connectivity index (χ4n) is 2.88. The second-order valence-corrected chi connectivity index (χ2v) is 6.05. The van der Waals surface area contributed by atoms with Gasteiger partial charge in [0.15, 0.2) is 0 Å². The monoisotopic (exact) mass is 242 g/mol. The Morgan fingerprint density at radius 3 is 1.88 bits per heavy atom. The van der Waals surface area contributed by atoms with Gasteiger partial charge in [0.05, 0.1) is 5.92 Å². The van der Waals surface area contributed by atoms with Gasteiger partial charge in [-0.05, 0) is 37.0 Å². The summed E-state index contributed by atoms with van der Waals surface area (Å²) >= 11 is 0. The summed E-state index contributed by atoms with van der Waals surface area (Å²) in [5.41, 5.74) is 0. The summed E-state index contributed by atoms with van der Waals surface area (Å²) in [6.45, 7) is 10.8. The van der Waals surface area contributed by atoms with Crippen molar-refractivity contribution in [2.24, 2.45) is 23.7 Å². The van der Waals surface area contributed by atoms with Gasteiger partial charge in [-0.2, -0.15) is 0 Å². The maximum Gasteiger partial charge on any atom is 0.306 e. The number of aliphatic carboxylic acids is 1. The van der Waals surface area contributed by atoms with Crippen LogP contribution < -0.4 is 0 Å². The summed E-state index contributed by atoms with van der Waals surface area (Å²) in [6.07, 6.45) is 5.82. The number of hydrogen-bond donors (Lipinski definition) is 1. The largest absolute Gasteiger partial charge is 0.481 e. The molecule has 0 aliphatic heterocycles. The van der Waals surface area contributed by atoms with Crippen molar-refractivity contribution in [2.45, 2.75) is 66.7 Å². The molecule has 2 heteroatoms. The van der Waals surface area contributed by atoms with Crippen molar-refractivity contribution in [3.63, 3.8) is 0 Å². The summed E-state index contributed by atoms with van der Waals surface area (Å²) in [7, 11) is 0. The van der Waals surface area contributed by atoms with Crippen molar-refractivity contribution >= 4 is 5.97 Å². The quantitative estimate of drug-likeness (QED) is 0.642. The molecule has 0 saturated heterocycles. The van der Waals surface area contributed by atoms with Crippen LogP contribution in [0.5, 0.6) is 0 Å². The van der Waals surface area contributed by atoms with Gasteiger partial charge in [0.25, 0.3) is 0 Å². The van der Waals surface area contributed by atoms with Crippen LogP contribution in [0.15, 0.2) is 0 Å². The van der Waals surface area contributed by atoms with Crippen LogP contribution in [0.4, 0.5) is 0 Å². The Balaban J connectivity index is 3.86. The van der Waals surface area contributed by atoms with Crippen molar-refractivity contribution < 1.29 is 9.90 Å². The highest BCUT2D eigenvalue weighted by Gasteiger charge is 2.17. The Labute approximate surface area is 107 Å². The Kier molecular flexibility index (Phi) is 8.28. The standard InChI is InChI=1S/C15H30O2/c1-6-7-11(2)8-12(3)9-13(4)10-14(5)15(16)17/h11-14H,6-10H2,1-5H3,(H,16,17)/t11-,12-,13-,14-/m1/s1. The van der Waals surface area contributed by atoms with E-state index in [2.05, 4.69) is 27.7 Å². The topological polar surface area (TPSA) is 37.3 Å². The molecule has 0 saturated carbocycles. The van der Waals surface area contributed by atoms with Crippen molar-refractivity contribution in [1.82, 2.24) is 0 Å². The number of carbonyl (C=O) groups is 1. The van der Waals surface area contributed by atoms with Gasteiger partial charge in [-0.25, -0.2) is 0 Å². The van der Waals surface area contributed by atoms with Crippen molar-refractivity contribution in [3.05, 3.63) is 0 Å². The molecule has 17 heavy (non-hydrogen) atoms. The minimum atomic E-state index is -0.663. The first-order valence-electron chi connectivity index (χ1n) is 7.09. The smallest absolute Gasteiger partial charge is 0.306 e. The average molecular weight is 242 g/mol. The maximum absolute atomic E-state index is 10.8. The lowest BCUT2D eigenvalue weighted by Crippen LogP contribution is -2.15. The molecule has 0 unspecified atom stereocenters. The van der Waals surface area contributed by atoms with E-state index in [-0.39, 0.29) is 5.92 Å². The highest BCUT2D eigenvalue weighted by Crippen LogP contribution is 2.25. The third kappa shape index (κ3) is 8.23. The molecule has 0 amide bonds. The molecule has 0 rings (SSSR count). The molecule has 0 aliphatic rings. The van der Waals surface area contributed by atoms with Gasteiger partial charge in [0.2, 0.25) is 0 Å². The molecule has 2 nitrogen and oxygen atoms in total. The molecule has 0 aromatic heterocycles. The van der Waals surface area contributed by atoms with E-state index >= 15 is 0 Å². The summed E-state index contributed by atoms with van der Waals surface area (Å²) in [5.74, 6) is 1.17. The summed E-state index contributed by atoms with van der Waals surface area (Å²) in [4.78, 5) is 10.8. The molecule has 1 N–H and O–H groups in total. The Morgan fingerprint density at radius 2 is 1.41 bits per heavy atom. The molecule has 0 aromatic rings. The minimum Gasteiger partial charge on any atom is -0.481 e. The molecule has 0 bridgehead atoms.